The highest BCUT2D eigenvalue weighted by molar-refractivity contribution is 5.80. The van der Waals surface area contributed by atoms with Gasteiger partial charge in [-0.1, -0.05) is 6.92 Å². The van der Waals surface area contributed by atoms with Crippen molar-refractivity contribution in [3.63, 3.8) is 0 Å². The third-order valence-electron chi connectivity index (χ3n) is 2.68. The number of carboxylic acid groups (broad SMARTS) is 1. The van der Waals surface area contributed by atoms with E-state index in [1.807, 2.05) is 6.92 Å². The summed E-state index contributed by atoms with van der Waals surface area (Å²) in [6, 6.07) is -1.14. The Morgan fingerprint density at radius 2 is 1.94 bits per heavy atom. The van der Waals surface area contributed by atoms with Crippen LogP contribution >= 0.6 is 0 Å². The molecule has 104 valence electrons. The SMILES string of the molecule is CC1CC(NC(=O)N(CC(=O)O)CC(F)(F)F)C1. The molecule has 18 heavy (non-hydrogen) atoms. The van der Waals surface area contributed by atoms with Gasteiger partial charge in [-0.25, -0.2) is 4.79 Å². The Morgan fingerprint density at radius 3 is 2.33 bits per heavy atom. The molecule has 0 saturated heterocycles. The van der Waals surface area contributed by atoms with Crippen molar-refractivity contribution in [2.24, 2.45) is 5.92 Å². The molecule has 0 spiro atoms. The van der Waals surface area contributed by atoms with Crippen LogP contribution in [0.25, 0.3) is 0 Å². The lowest BCUT2D eigenvalue weighted by atomic mass is 9.82. The minimum absolute atomic E-state index is 0.156. The minimum atomic E-state index is -4.61. The van der Waals surface area contributed by atoms with E-state index in [-0.39, 0.29) is 10.9 Å². The maximum absolute atomic E-state index is 12.2. The van der Waals surface area contributed by atoms with E-state index >= 15 is 0 Å². The lowest BCUT2D eigenvalue weighted by Crippen LogP contribution is -2.52. The van der Waals surface area contributed by atoms with Gasteiger partial charge in [-0.3, -0.25) is 4.79 Å². The van der Waals surface area contributed by atoms with E-state index in [4.69, 9.17) is 5.11 Å². The van der Waals surface area contributed by atoms with E-state index in [9.17, 15) is 22.8 Å². The van der Waals surface area contributed by atoms with Crippen molar-refractivity contribution in [1.82, 2.24) is 10.2 Å². The molecule has 1 saturated carbocycles. The Bertz CT molecular complexity index is 327. The van der Waals surface area contributed by atoms with E-state index in [0.717, 1.165) is 0 Å². The van der Waals surface area contributed by atoms with Crippen LogP contribution in [0, 0.1) is 5.92 Å². The first kappa shape index (κ1) is 14.6. The summed E-state index contributed by atoms with van der Waals surface area (Å²) < 4.78 is 36.6. The normalized spacial score (nSPS) is 23.1. The number of amides is 2. The molecule has 0 atom stereocenters. The molecule has 0 aromatic carbocycles. The molecule has 8 heteroatoms. The number of hydrogen-bond acceptors (Lipinski definition) is 2. The van der Waals surface area contributed by atoms with Crippen molar-refractivity contribution >= 4 is 12.0 Å². The summed E-state index contributed by atoms with van der Waals surface area (Å²) in [5.74, 6) is -1.04. The van der Waals surface area contributed by atoms with Crippen LogP contribution < -0.4 is 5.32 Å². The first-order valence-corrected chi connectivity index (χ1v) is 5.51. The zero-order chi connectivity index (χ0) is 13.9. The van der Waals surface area contributed by atoms with Gasteiger partial charge in [-0.2, -0.15) is 13.2 Å². The summed E-state index contributed by atoms with van der Waals surface area (Å²) in [7, 11) is 0. The van der Waals surface area contributed by atoms with Crippen LogP contribution in [0.15, 0.2) is 0 Å². The smallest absolute Gasteiger partial charge is 0.406 e. The molecule has 1 aliphatic rings. The van der Waals surface area contributed by atoms with Crippen LogP contribution in [-0.4, -0.2) is 47.3 Å². The van der Waals surface area contributed by atoms with Crippen molar-refractivity contribution in [2.75, 3.05) is 13.1 Å². The maximum atomic E-state index is 12.2. The largest absolute Gasteiger partial charge is 0.480 e. The molecular formula is C10H15F3N2O3. The quantitative estimate of drug-likeness (QED) is 0.810. The van der Waals surface area contributed by atoms with Gasteiger partial charge in [-0.15, -0.1) is 0 Å². The summed E-state index contributed by atoms with van der Waals surface area (Å²) in [6.07, 6.45) is -3.20. The number of alkyl halides is 3. The summed E-state index contributed by atoms with van der Waals surface area (Å²) in [6.45, 7) is -0.561. The summed E-state index contributed by atoms with van der Waals surface area (Å²) in [5, 5.41) is 10.9. The zero-order valence-corrected chi connectivity index (χ0v) is 9.83. The second-order valence-electron chi connectivity index (χ2n) is 4.59. The van der Waals surface area contributed by atoms with Crippen molar-refractivity contribution in [1.29, 1.82) is 0 Å². The Labute approximate surface area is 102 Å². The van der Waals surface area contributed by atoms with Gasteiger partial charge in [0, 0.05) is 6.04 Å². The fraction of sp³-hybridized carbons (Fsp3) is 0.800. The fourth-order valence-electron chi connectivity index (χ4n) is 1.87. The average molecular weight is 268 g/mol. The monoisotopic (exact) mass is 268 g/mol. The number of nitrogens with zero attached hydrogens (tertiary/aromatic N) is 1. The van der Waals surface area contributed by atoms with E-state index < -0.39 is 31.3 Å². The Balaban J connectivity index is 2.52. The van der Waals surface area contributed by atoms with Crippen LogP contribution in [-0.2, 0) is 4.79 Å². The molecule has 2 amide bonds. The average Bonchev–Trinajstić information content (AvgIpc) is 2.11. The number of hydrogen-bond donors (Lipinski definition) is 2. The molecule has 0 bridgehead atoms. The van der Waals surface area contributed by atoms with Crippen LogP contribution in [0.1, 0.15) is 19.8 Å². The molecule has 5 nitrogen and oxygen atoms in total. The van der Waals surface area contributed by atoms with Gasteiger partial charge in [0.2, 0.25) is 0 Å². The standard InChI is InChI=1S/C10H15F3N2O3/c1-6-2-7(3-6)14-9(18)15(4-8(16)17)5-10(11,12)13/h6-7H,2-5H2,1H3,(H,14,18)(H,16,17). The van der Waals surface area contributed by atoms with Crippen molar-refractivity contribution < 1.29 is 27.9 Å². The predicted octanol–water partition coefficient (Wildman–Crippen LogP) is 1.44. The Morgan fingerprint density at radius 1 is 1.39 bits per heavy atom. The van der Waals surface area contributed by atoms with Gasteiger partial charge in [0.1, 0.15) is 13.1 Å². The first-order chi connectivity index (χ1) is 8.17. The third-order valence-corrected chi connectivity index (χ3v) is 2.68. The Hall–Kier alpha value is -1.47. The highest BCUT2D eigenvalue weighted by atomic mass is 19.4. The second-order valence-corrected chi connectivity index (χ2v) is 4.59. The van der Waals surface area contributed by atoms with Crippen LogP contribution in [0.2, 0.25) is 0 Å². The molecule has 1 aliphatic carbocycles. The molecular weight excluding hydrogens is 253 g/mol. The van der Waals surface area contributed by atoms with E-state index in [1.165, 1.54) is 0 Å². The van der Waals surface area contributed by atoms with Gasteiger partial charge in [-0.05, 0) is 18.8 Å². The predicted molar refractivity (Wildman–Crippen MR) is 56.0 cm³/mol. The first-order valence-electron chi connectivity index (χ1n) is 5.51. The molecule has 0 unspecified atom stereocenters. The number of urea groups is 1. The lowest BCUT2D eigenvalue weighted by Gasteiger charge is -2.35. The van der Waals surface area contributed by atoms with Crippen LogP contribution in [0.5, 0.6) is 0 Å². The molecule has 2 N–H and O–H groups in total. The van der Waals surface area contributed by atoms with E-state index in [1.54, 1.807) is 0 Å². The number of rotatable bonds is 4. The number of aliphatic carboxylic acids is 1. The van der Waals surface area contributed by atoms with E-state index in [2.05, 4.69) is 5.32 Å². The van der Waals surface area contributed by atoms with Gasteiger partial charge in [0.25, 0.3) is 0 Å². The summed E-state index contributed by atoms with van der Waals surface area (Å²) in [4.78, 5) is 22.2. The minimum Gasteiger partial charge on any atom is -0.480 e. The van der Waals surface area contributed by atoms with Gasteiger partial charge in [0.15, 0.2) is 0 Å². The van der Waals surface area contributed by atoms with Gasteiger partial charge in [0.05, 0.1) is 0 Å². The van der Waals surface area contributed by atoms with Crippen LogP contribution in [0.3, 0.4) is 0 Å². The molecule has 0 aromatic rings. The number of nitrogens with one attached hydrogen (secondary N) is 1. The Kier molecular flexibility index (Phi) is 4.42. The maximum Gasteiger partial charge on any atom is 0.406 e. The third kappa shape index (κ3) is 4.80. The zero-order valence-electron chi connectivity index (χ0n) is 9.83. The van der Waals surface area contributed by atoms with Gasteiger partial charge >= 0.3 is 18.2 Å². The molecule has 1 rings (SSSR count). The van der Waals surface area contributed by atoms with E-state index in [0.29, 0.717) is 18.8 Å². The number of halogens is 3. The molecule has 0 heterocycles. The molecule has 0 radical (unpaired) electrons. The highest BCUT2D eigenvalue weighted by Crippen LogP contribution is 2.26. The number of carbonyl (C=O) groups excluding carboxylic acids is 1. The lowest BCUT2D eigenvalue weighted by molar-refractivity contribution is -0.149. The van der Waals surface area contributed by atoms with Crippen molar-refractivity contribution in [2.45, 2.75) is 32.0 Å². The second kappa shape index (κ2) is 5.45. The van der Waals surface area contributed by atoms with Crippen molar-refractivity contribution in [3.8, 4) is 0 Å². The number of carbonyl (C=O) groups is 2. The summed E-state index contributed by atoms with van der Waals surface area (Å²) in [5.41, 5.74) is 0. The summed E-state index contributed by atoms with van der Waals surface area (Å²) >= 11 is 0. The molecule has 1 fully saturated rings. The highest BCUT2D eigenvalue weighted by Gasteiger charge is 2.35. The number of carboxylic acids is 1. The fourth-order valence-corrected chi connectivity index (χ4v) is 1.87. The molecule has 0 aliphatic heterocycles. The van der Waals surface area contributed by atoms with Crippen molar-refractivity contribution in [3.05, 3.63) is 0 Å². The van der Waals surface area contributed by atoms with Gasteiger partial charge < -0.3 is 15.3 Å². The van der Waals surface area contributed by atoms with Crippen LogP contribution in [0.4, 0.5) is 18.0 Å². The molecule has 0 aromatic heterocycles. The topological polar surface area (TPSA) is 69.6 Å².